The molecule has 1 amide bonds. The first-order chi connectivity index (χ1) is 14.3. The number of amides is 1. The molecular weight excluding hydrogens is 360 g/mol. The molecule has 29 heavy (non-hydrogen) atoms. The number of carbonyl (C=O) groups excluding carboxylic acids is 1. The van der Waals surface area contributed by atoms with Crippen LogP contribution >= 0.6 is 0 Å². The molecule has 5 heteroatoms. The number of piperidine rings is 1. The van der Waals surface area contributed by atoms with Gasteiger partial charge in [-0.05, 0) is 43.9 Å². The first kappa shape index (κ1) is 18.1. The largest absolute Gasteiger partial charge is 0.327 e. The third kappa shape index (κ3) is 3.58. The van der Waals surface area contributed by atoms with Gasteiger partial charge in [0.2, 0.25) is 0 Å². The van der Waals surface area contributed by atoms with Gasteiger partial charge in [0.15, 0.2) is 6.54 Å². The number of carbonyl (C=O) groups is 1. The number of hydrogen-bond acceptors (Lipinski definition) is 3. The Labute approximate surface area is 171 Å². The molecule has 0 unspecified atom stereocenters. The van der Waals surface area contributed by atoms with E-state index in [-0.39, 0.29) is 5.91 Å². The van der Waals surface area contributed by atoms with E-state index in [1.165, 1.54) is 24.2 Å². The van der Waals surface area contributed by atoms with Crippen molar-refractivity contribution < 1.29 is 9.69 Å². The molecule has 1 fully saturated rings. The number of nitrogens with one attached hydrogen (secondary N) is 2. The maximum absolute atomic E-state index is 12.9. The number of rotatable bonds is 4. The summed E-state index contributed by atoms with van der Waals surface area (Å²) in [5, 5.41) is 4.31. The Kier molecular flexibility index (Phi) is 4.90. The molecule has 5 rings (SSSR count). The zero-order chi connectivity index (χ0) is 19.6. The number of pyridine rings is 1. The summed E-state index contributed by atoms with van der Waals surface area (Å²) in [5.74, 6) is 1.08. The molecular formula is C24H27N4O+. The topological polar surface area (TPSA) is 49.7 Å². The first-order valence-electron chi connectivity index (χ1n) is 10.7. The number of quaternary nitrogens is 1. The number of fused-ring (bicyclic) bond motifs is 2. The Balaban J connectivity index is 1.50. The lowest BCUT2D eigenvalue weighted by Crippen LogP contribution is -3.13. The van der Waals surface area contributed by atoms with Gasteiger partial charge in [0.05, 0.1) is 24.3 Å². The van der Waals surface area contributed by atoms with Crippen molar-refractivity contribution in [2.75, 3.05) is 36.4 Å². The predicted molar refractivity (Wildman–Crippen MR) is 117 cm³/mol. The van der Waals surface area contributed by atoms with Crippen LogP contribution in [0.5, 0.6) is 0 Å². The van der Waals surface area contributed by atoms with Crippen molar-refractivity contribution in [1.82, 2.24) is 4.98 Å². The van der Waals surface area contributed by atoms with Crippen LogP contribution in [0.4, 0.5) is 17.2 Å². The standard InChI is InChI=1S/C24H26N4O/c29-22(17-27-14-7-2-8-15-27)26-23-19-11-5-6-12-21(19)25-24-20(23)13-16-28(24)18-9-3-1-4-10-18/h1,3-6,9-12H,2,7-8,13-17H2,(H,25,26,29)/p+1. The van der Waals surface area contributed by atoms with Crippen molar-refractivity contribution in [3.8, 4) is 0 Å². The highest BCUT2D eigenvalue weighted by molar-refractivity contribution is 6.04. The predicted octanol–water partition coefficient (Wildman–Crippen LogP) is 2.94. The molecule has 2 N–H and O–H groups in total. The molecule has 148 valence electrons. The summed E-state index contributed by atoms with van der Waals surface area (Å²) in [6, 6.07) is 18.5. The average Bonchev–Trinajstić information content (AvgIpc) is 3.19. The van der Waals surface area contributed by atoms with Gasteiger partial charge in [-0.25, -0.2) is 4.98 Å². The van der Waals surface area contributed by atoms with Crippen molar-refractivity contribution >= 4 is 34.0 Å². The second-order valence-corrected chi connectivity index (χ2v) is 8.08. The van der Waals surface area contributed by atoms with E-state index in [9.17, 15) is 4.79 Å². The van der Waals surface area contributed by atoms with Crippen LogP contribution in [-0.2, 0) is 11.2 Å². The highest BCUT2D eigenvalue weighted by Crippen LogP contribution is 2.40. The lowest BCUT2D eigenvalue weighted by molar-refractivity contribution is -0.896. The maximum Gasteiger partial charge on any atom is 0.279 e. The van der Waals surface area contributed by atoms with Crippen molar-refractivity contribution in [1.29, 1.82) is 0 Å². The van der Waals surface area contributed by atoms with Crippen LogP contribution < -0.4 is 15.1 Å². The number of anilines is 3. The molecule has 1 aromatic heterocycles. The second kappa shape index (κ2) is 7.84. The molecule has 1 saturated heterocycles. The van der Waals surface area contributed by atoms with Gasteiger partial charge in [-0.1, -0.05) is 36.4 Å². The lowest BCUT2D eigenvalue weighted by atomic mass is 10.1. The Morgan fingerprint density at radius 1 is 1.00 bits per heavy atom. The first-order valence-corrected chi connectivity index (χ1v) is 10.7. The fraction of sp³-hybridized carbons (Fsp3) is 0.333. The van der Waals surface area contributed by atoms with Gasteiger partial charge >= 0.3 is 0 Å². The van der Waals surface area contributed by atoms with Crippen LogP contribution in [0.15, 0.2) is 54.6 Å². The van der Waals surface area contributed by atoms with Gasteiger partial charge in [0.1, 0.15) is 5.82 Å². The van der Waals surface area contributed by atoms with Crippen LogP contribution in [0.2, 0.25) is 0 Å². The van der Waals surface area contributed by atoms with Gasteiger partial charge in [0, 0.05) is 23.2 Å². The summed E-state index contributed by atoms with van der Waals surface area (Å²) in [6.07, 6.45) is 4.63. The van der Waals surface area contributed by atoms with Gasteiger partial charge in [-0.2, -0.15) is 0 Å². The van der Waals surface area contributed by atoms with E-state index in [1.54, 1.807) is 0 Å². The molecule has 2 aliphatic rings. The molecule has 0 bridgehead atoms. The highest BCUT2D eigenvalue weighted by Gasteiger charge is 2.28. The number of nitrogens with zero attached hydrogens (tertiary/aromatic N) is 2. The van der Waals surface area contributed by atoms with Gasteiger partial charge in [-0.15, -0.1) is 0 Å². The molecule has 5 nitrogen and oxygen atoms in total. The number of hydrogen-bond donors (Lipinski definition) is 2. The Bertz CT molecular complexity index is 1030. The fourth-order valence-corrected chi connectivity index (χ4v) is 4.67. The minimum absolute atomic E-state index is 0.110. The number of likely N-dealkylation sites (tertiary alicyclic amines) is 1. The summed E-state index contributed by atoms with van der Waals surface area (Å²) in [7, 11) is 0. The number of benzene rings is 2. The summed E-state index contributed by atoms with van der Waals surface area (Å²) in [4.78, 5) is 21.5. The Hall–Kier alpha value is -2.92. The lowest BCUT2D eigenvalue weighted by Gasteiger charge is -2.23. The van der Waals surface area contributed by atoms with E-state index in [4.69, 9.17) is 4.98 Å². The van der Waals surface area contributed by atoms with Crippen LogP contribution in [0, 0.1) is 0 Å². The minimum Gasteiger partial charge on any atom is -0.327 e. The van der Waals surface area contributed by atoms with Crippen LogP contribution in [0.3, 0.4) is 0 Å². The number of aromatic nitrogens is 1. The van der Waals surface area contributed by atoms with Gasteiger partial charge < -0.3 is 15.1 Å². The molecule has 2 aliphatic heterocycles. The van der Waals surface area contributed by atoms with E-state index < -0.39 is 0 Å². The normalized spacial score (nSPS) is 16.8. The van der Waals surface area contributed by atoms with Gasteiger partial charge in [0.25, 0.3) is 5.91 Å². The van der Waals surface area contributed by atoms with Crippen LogP contribution in [0.1, 0.15) is 24.8 Å². The van der Waals surface area contributed by atoms with E-state index >= 15 is 0 Å². The zero-order valence-corrected chi connectivity index (χ0v) is 16.7. The quantitative estimate of drug-likeness (QED) is 0.724. The SMILES string of the molecule is O=C(C[NH+]1CCCCC1)Nc1c2c(nc3ccccc13)N(c1ccccc1)CC2. The smallest absolute Gasteiger partial charge is 0.279 e. The van der Waals surface area contributed by atoms with E-state index in [2.05, 4.69) is 40.5 Å². The molecule has 0 spiro atoms. The Morgan fingerprint density at radius 2 is 1.76 bits per heavy atom. The summed E-state index contributed by atoms with van der Waals surface area (Å²) >= 11 is 0. The summed E-state index contributed by atoms with van der Waals surface area (Å²) in [6.45, 7) is 3.63. The van der Waals surface area contributed by atoms with Crippen molar-refractivity contribution in [3.05, 3.63) is 60.2 Å². The molecule has 0 saturated carbocycles. The third-order valence-corrected chi connectivity index (χ3v) is 6.12. The third-order valence-electron chi connectivity index (χ3n) is 6.12. The van der Waals surface area contributed by atoms with E-state index in [0.29, 0.717) is 6.54 Å². The molecule has 3 heterocycles. The number of para-hydroxylation sites is 2. The molecule has 2 aromatic carbocycles. The second-order valence-electron chi connectivity index (χ2n) is 8.08. The average molecular weight is 388 g/mol. The summed E-state index contributed by atoms with van der Waals surface area (Å²) < 4.78 is 0. The van der Waals surface area contributed by atoms with Crippen molar-refractivity contribution in [3.63, 3.8) is 0 Å². The highest BCUT2D eigenvalue weighted by atomic mass is 16.2. The zero-order valence-electron chi connectivity index (χ0n) is 16.7. The van der Waals surface area contributed by atoms with E-state index in [0.717, 1.165) is 59.7 Å². The van der Waals surface area contributed by atoms with Crippen LogP contribution in [0.25, 0.3) is 10.9 Å². The molecule has 0 aliphatic carbocycles. The van der Waals surface area contributed by atoms with Crippen LogP contribution in [-0.4, -0.2) is 37.1 Å². The molecule has 0 atom stereocenters. The van der Waals surface area contributed by atoms with Crippen molar-refractivity contribution in [2.24, 2.45) is 0 Å². The van der Waals surface area contributed by atoms with Gasteiger partial charge in [-0.3, -0.25) is 4.79 Å². The molecule has 0 radical (unpaired) electrons. The maximum atomic E-state index is 12.9. The van der Waals surface area contributed by atoms with E-state index in [1.807, 2.05) is 24.3 Å². The van der Waals surface area contributed by atoms with Crippen molar-refractivity contribution in [2.45, 2.75) is 25.7 Å². The minimum atomic E-state index is 0.110. The molecule has 3 aromatic rings. The monoisotopic (exact) mass is 387 g/mol. The Morgan fingerprint density at radius 3 is 2.59 bits per heavy atom. The fourth-order valence-electron chi connectivity index (χ4n) is 4.67. The summed E-state index contributed by atoms with van der Waals surface area (Å²) in [5.41, 5.74) is 4.17.